The summed E-state index contributed by atoms with van der Waals surface area (Å²) in [6.07, 6.45) is 2.53. The van der Waals surface area contributed by atoms with Crippen molar-refractivity contribution in [3.63, 3.8) is 0 Å². The summed E-state index contributed by atoms with van der Waals surface area (Å²) in [4.78, 5) is 32.1. The minimum absolute atomic E-state index is 0.0635. The average Bonchev–Trinajstić information content (AvgIpc) is 4.26. The van der Waals surface area contributed by atoms with Crippen LogP contribution in [-0.2, 0) is 12.8 Å². The predicted molar refractivity (Wildman–Crippen MR) is 281 cm³/mol. The first-order valence-electron chi connectivity index (χ1n) is 24.9. The molecule has 0 radical (unpaired) electrons. The van der Waals surface area contributed by atoms with Gasteiger partial charge in [0.25, 0.3) is 0 Å². The molecule has 16 nitrogen and oxygen atoms in total. The topological polar surface area (TPSA) is 155 Å². The Balaban J connectivity index is 0.000000165. The molecule has 0 amide bonds. The summed E-state index contributed by atoms with van der Waals surface area (Å²) in [5.74, 6) is 3.31. The number of imidazole rings is 2. The standard InChI is InChI=1S/2C27H24ClF3N6O2/c2*1-38-22-13-17(5-10-21(22)37-14-23(28)32-15-37)33-26-34-24-19(8-9-20(24)25(35-26)36-11-2-12-36)16-3-6-18(7-4-16)39-27(29,30)31/h2*3-7,10,13-15,19H,2,8-9,11-12H2,1H3,(H,33,34,35)/t2*19-/m10/s1. The van der Waals surface area contributed by atoms with Gasteiger partial charge in [0.2, 0.25) is 11.9 Å². The molecule has 0 spiro atoms. The Morgan fingerprint density at radius 1 is 0.538 bits per heavy atom. The number of alkyl halides is 6. The number of ether oxygens (including phenoxy) is 4. The van der Waals surface area contributed by atoms with E-state index in [2.05, 4.69) is 39.9 Å². The van der Waals surface area contributed by atoms with Crippen LogP contribution in [0.2, 0.25) is 10.3 Å². The lowest BCUT2D eigenvalue weighted by molar-refractivity contribution is -0.275. The fourth-order valence-corrected chi connectivity index (χ4v) is 10.4. The monoisotopic (exact) mass is 1110 g/mol. The Hall–Kier alpha value is -7.98. The van der Waals surface area contributed by atoms with Crippen LogP contribution in [0.25, 0.3) is 11.4 Å². The van der Waals surface area contributed by atoms with E-state index in [1.54, 1.807) is 72.7 Å². The molecule has 2 atom stereocenters. The third kappa shape index (κ3) is 11.4. The molecule has 4 aromatic heterocycles. The van der Waals surface area contributed by atoms with Gasteiger partial charge in [-0.25, -0.2) is 19.9 Å². The molecule has 0 unspecified atom stereocenters. The first-order chi connectivity index (χ1) is 37.5. The van der Waals surface area contributed by atoms with Crippen LogP contribution in [0.1, 0.15) is 71.2 Å². The zero-order valence-electron chi connectivity index (χ0n) is 41.7. The molecule has 0 saturated carbocycles. The van der Waals surface area contributed by atoms with Crippen LogP contribution < -0.4 is 39.4 Å². The minimum atomic E-state index is -4.73. The van der Waals surface area contributed by atoms with Crippen molar-refractivity contribution in [2.24, 2.45) is 0 Å². The Bertz CT molecular complexity index is 3240. The lowest BCUT2D eigenvalue weighted by Crippen LogP contribution is -2.38. The van der Waals surface area contributed by atoms with E-state index in [1.807, 2.05) is 36.4 Å². The molecule has 12 rings (SSSR count). The molecule has 404 valence electrons. The number of nitrogens with zero attached hydrogens (tertiary/aromatic N) is 10. The zero-order chi connectivity index (χ0) is 54.3. The molecule has 0 bridgehead atoms. The summed E-state index contributed by atoms with van der Waals surface area (Å²) >= 11 is 12.0. The van der Waals surface area contributed by atoms with Crippen molar-refractivity contribution in [1.29, 1.82) is 0 Å². The van der Waals surface area contributed by atoms with Crippen molar-refractivity contribution in [2.75, 3.05) is 60.8 Å². The van der Waals surface area contributed by atoms with E-state index in [0.29, 0.717) is 33.7 Å². The summed E-state index contributed by atoms with van der Waals surface area (Å²) in [5.41, 5.74) is 8.73. The second-order valence-electron chi connectivity index (χ2n) is 18.8. The van der Waals surface area contributed by atoms with Gasteiger partial charge in [0.05, 0.1) is 37.0 Å². The Labute approximate surface area is 452 Å². The lowest BCUT2D eigenvalue weighted by Gasteiger charge is -2.33. The third-order valence-electron chi connectivity index (χ3n) is 13.9. The van der Waals surface area contributed by atoms with Gasteiger partial charge in [-0.2, -0.15) is 9.97 Å². The maximum absolute atomic E-state index is 12.6. The molecular weight excluding hydrogens is 1070 g/mol. The summed E-state index contributed by atoms with van der Waals surface area (Å²) in [6, 6.07) is 23.3. The predicted octanol–water partition coefficient (Wildman–Crippen LogP) is 12.5. The van der Waals surface area contributed by atoms with Crippen LogP contribution in [0, 0.1) is 0 Å². The van der Waals surface area contributed by atoms with Crippen molar-refractivity contribution in [1.82, 2.24) is 39.0 Å². The van der Waals surface area contributed by atoms with Gasteiger partial charge < -0.3 is 48.5 Å². The van der Waals surface area contributed by atoms with Crippen molar-refractivity contribution >= 4 is 58.1 Å². The highest BCUT2D eigenvalue weighted by molar-refractivity contribution is 6.29. The molecule has 78 heavy (non-hydrogen) atoms. The van der Waals surface area contributed by atoms with E-state index in [0.717, 1.165) is 133 Å². The smallest absolute Gasteiger partial charge is 0.494 e. The largest absolute Gasteiger partial charge is 0.573 e. The van der Waals surface area contributed by atoms with Crippen LogP contribution in [0.5, 0.6) is 23.0 Å². The molecule has 2 N–H and O–H groups in total. The Morgan fingerprint density at radius 3 is 1.26 bits per heavy atom. The molecule has 24 heteroatoms. The number of hydrogen-bond donors (Lipinski definition) is 2. The zero-order valence-corrected chi connectivity index (χ0v) is 43.3. The molecule has 4 aromatic carbocycles. The average molecular weight is 1110 g/mol. The quantitative estimate of drug-likeness (QED) is 0.0992. The second kappa shape index (κ2) is 21.4. The highest BCUT2D eigenvalue weighted by atomic mass is 35.5. The minimum Gasteiger partial charge on any atom is -0.494 e. The second-order valence-corrected chi connectivity index (χ2v) is 19.6. The molecule has 2 aliphatic heterocycles. The normalized spacial score (nSPS) is 16.5. The van der Waals surface area contributed by atoms with Crippen molar-refractivity contribution in [3.05, 3.63) is 154 Å². The van der Waals surface area contributed by atoms with Gasteiger partial charge in [-0.15, -0.1) is 26.3 Å². The highest BCUT2D eigenvalue weighted by Crippen LogP contribution is 2.45. The van der Waals surface area contributed by atoms with E-state index in [9.17, 15) is 26.3 Å². The number of nitrogens with one attached hydrogen (secondary N) is 2. The van der Waals surface area contributed by atoms with Crippen LogP contribution in [0.15, 0.2) is 110 Å². The van der Waals surface area contributed by atoms with Crippen LogP contribution in [-0.4, -0.2) is 92.2 Å². The summed E-state index contributed by atoms with van der Waals surface area (Å²) in [5, 5.41) is 7.39. The van der Waals surface area contributed by atoms with Crippen molar-refractivity contribution in [3.8, 4) is 34.4 Å². The van der Waals surface area contributed by atoms with Crippen LogP contribution in [0.4, 0.5) is 61.2 Å². The number of benzene rings is 4. The molecular formula is C54H48Cl2F6N12O4. The van der Waals surface area contributed by atoms with E-state index in [4.69, 9.17) is 52.6 Å². The number of hydrogen-bond acceptors (Lipinski definition) is 14. The number of anilines is 6. The Kier molecular flexibility index (Phi) is 14.3. The van der Waals surface area contributed by atoms with Crippen LogP contribution in [0.3, 0.4) is 0 Å². The number of halogens is 8. The molecule has 6 heterocycles. The third-order valence-corrected chi connectivity index (χ3v) is 14.3. The number of methoxy groups -OCH3 is 2. The number of fused-ring (bicyclic) bond motifs is 2. The fraction of sp³-hybridized carbons (Fsp3) is 0.296. The van der Waals surface area contributed by atoms with Gasteiger partial charge in [0.15, 0.2) is 0 Å². The van der Waals surface area contributed by atoms with Crippen molar-refractivity contribution < 1.29 is 45.3 Å². The summed E-state index contributed by atoms with van der Waals surface area (Å²) < 4.78 is 98.5. The summed E-state index contributed by atoms with van der Waals surface area (Å²) in [7, 11) is 3.18. The highest BCUT2D eigenvalue weighted by Gasteiger charge is 2.36. The van der Waals surface area contributed by atoms with E-state index in [-0.39, 0.29) is 23.3 Å². The molecule has 2 aliphatic carbocycles. The SMILES string of the molecule is COc1cc(Nc2nc3c(c(N4CCC4)n2)CC[C@@H]3c2ccc(OC(F)(F)F)cc2)ccc1-n1cnc(Cl)c1.COc1cc(Nc2nc3c(c(N4CCC4)n2)CC[C@H]3c2ccc(OC(F)(F)F)cc2)ccc1-n1cnc(Cl)c1. The van der Waals surface area contributed by atoms with E-state index in [1.165, 1.54) is 24.3 Å². The molecule has 2 fully saturated rings. The maximum Gasteiger partial charge on any atom is 0.573 e. The van der Waals surface area contributed by atoms with Gasteiger partial charge in [0, 0.05) is 85.0 Å². The van der Waals surface area contributed by atoms with Gasteiger partial charge in [-0.3, -0.25) is 0 Å². The van der Waals surface area contributed by atoms with Gasteiger partial charge >= 0.3 is 12.7 Å². The van der Waals surface area contributed by atoms with E-state index < -0.39 is 12.7 Å². The number of aromatic nitrogens is 8. The van der Waals surface area contributed by atoms with Crippen LogP contribution >= 0.6 is 23.2 Å². The number of rotatable bonds is 14. The fourth-order valence-electron chi connectivity index (χ4n) is 10.1. The Morgan fingerprint density at radius 2 is 0.936 bits per heavy atom. The first kappa shape index (κ1) is 52.1. The van der Waals surface area contributed by atoms with Crippen molar-refractivity contribution in [2.45, 2.75) is 63.1 Å². The molecule has 8 aromatic rings. The van der Waals surface area contributed by atoms with Gasteiger partial charge in [0.1, 0.15) is 57.6 Å². The molecule has 2 saturated heterocycles. The van der Waals surface area contributed by atoms with Gasteiger partial charge in [-0.1, -0.05) is 47.5 Å². The maximum atomic E-state index is 12.6. The lowest BCUT2D eigenvalue weighted by atomic mass is 9.96. The summed E-state index contributed by atoms with van der Waals surface area (Å²) in [6.45, 7) is 3.69. The van der Waals surface area contributed by atoms with Gasteiger partial charge in [-0.05, 0) is 98.2 Å². The molecule has 4 aliphatic rings. The first-order valence-corrected chi connectivity index (χ1v) is 25.6. The van der Waals surface area contributed by atoms with E-state index >= 15 is 0 Å².